The van der Waals surface area contributed by atoms with Crippen LogP contribution in [0.1, 0.15) is 28.4 Å². The van der Waals surface area contributed by atoms with Gasteiger partial charge in [0.15, 0.2) is 5.78 Å². The molecule has 0 atom stereocenters. The topological polar surface area (TPSA) is 40.9 Å². The molecule has 0 spiro atoms. The van der Waals surface area contributed by atoms with E-state index < -0.39 is 0 Å². The molecule has 1 aromatic carbocycles. The Labute approximate surface area is 83.6 Å². The van der Waals surface area contributed by atoms with E-state index >= 15 is 0 Å². The van der Waals surface area contributed by atoms with Crippen LogP contribution >= 0.6 is 0 Å². The van der Waals surface area contributed by atoms with Crippen LogP contribution in [0.4, 0.5) is 0 Å². The van der Waals surface area contributed by atoms with Gasteiger partial charge in [0.2, 0.25) is 0 Å². The second-order valence-corrected chi connectivity index (χ2v) is 3.77. The Balaban J connectivity index is 2.36. The number of nitriles is 1. The molecule has 1 aliphatic rings. The van der Waals surface area contributed by atoms with Gasteiger partial charge in [-0.25, -0.2) is 5.26 Å². The highest BCUT2D eigenvalue weighted by atomic mass is 16.1. The van der Waals surface area contributed by atoms with Crippen molar-refractivity contribution in [3.8, 4) is 5.97 Å². The molecule has 2 nitrogen and oxygen atoms in total. The van der Waals surface area contributed by atoms with Gasteiger partial charge in [-0.1, -0.05) is 23.3 Å². The van der Waals surface area contributed by atoms with Crippen molar-refractivity contribution in [1.82, 2.24) is 0 Å². The molecular weight excluding hydrogens is 173 g/mol. The first kappa shape index (κ1) is 9.02. The molecule has 0 aromatic heterocycles. The van der Waals surface area contributed by atoms with Crippen LogP contribution < -0.4 is 0 Å². The van der Waals surface area contributed by atoms with E-state index in [1.807, 2.05) is 18.2 Å². The number of ketones is 1. The van der Waals surface area contributed by atoms with Gasteiger partial charge >= 0.3 is 0 Å². The van der Waals surface area contributed by atoms with Crippen molar-refractivity contribution >= 4 is 12.5 Å². The van der Waals surface area contributed by atoms with Crippen molar-refractivity contribution < 1.29 is 4.79 Å². The molecular formula is C11H10BNO. The third-order valence-electron chi connectivity index (χ3n) is 2.73. The summed E-state index contributed by atoms with van der Waals surface area (Å²) in [6.07, 6.45) is 1.64. The van der Waals surface area contributed by atoms with E-state index in [4.69, 9.17) is 5.26 Å². The van der Waals surface area contributed by atoms with Crippen molar-refractivity contribution in [1.29, 1.82) is 5.26 Å². The molecule has 0 fully saturated rings. The molecule has 0 saturated carbocycles. The van der Waals surface area contributed by atoms with Gasteiger partial charge < -0.3 is 0 Å². The lowest BCUT2D eigenvalue weighted by Gasteiger charge is -2.00. The van der Waals surface area contributed by atoms with E-state index in [0.717, 1.165) is 18.2 Å². The summed E-state index contributed by atoms with van der Waals surface area (Å²) in [5.41, 5.74) is 3.15. The molecule has 0 bridgehead atoms. The predicted molar refractivity (Wildman–Crippen MR) is 55.2 cm³/mol. The lowest BCUT2D eigenvalue weighted by Crippen LogP contribution is -2.09. The number of rotatable bonds is 1. The summed E-state index contributed by atoms with van der Waals surface area (Å²) in [6, 6.07) is 5.75. The highest BCUT2D eigenvalue weighted by molar-refractivity contribution is 6.67. The third kappa shape index (κ3) is 1.44. The van der Waals surface area contributed by atoms with Crippen LogP contribution in [0, 0.1) is 11.2 Å². The molecule has 1 aliphatic heterocycles. The van der Waals surface area contributed by atoms with Gasteiger partial charge in [-0.15, -0.1) is 0 Å². The predicted octanol–water partition coefficient (Wildman–Crippen LogP) is 1.62. The average molecular weight is 183 g/mol. The Kier molecular flexibility index (Phi) is 2.13. The minimum absolute atomic E-state index is 0.0909. The summed E-state index contributed by atoms with van der Waals surface area (Å²) < 4.78 is 0. The highest BCUT2D eigenvalue weighted by Crippen LogP contribution is 2.22. The highest BCUT2D eigenvalue weighted by Gasteiger charge is 2.25. The largest absolute Gasteiger partial charge is 0.295 e. The minimum Gasteiger partial charge on any atom is -0.295 e. The van der Waals surface area contributed by atoms with Gasteiger partial charge in [-0.05, 0) is 25.6 Å². The summed E-state index contributed by atoms with van der Waals surface area (Å²) in [5.74, 6) is 2.37. The fraction of sp³-hybridized carbons (Fsp3) is 0.273. The number of nitrogens with zero attached hydrogens (tertiary/aromatic N) is 1. The summed E-state index contributed by atoms with van der Waals surface area (Å²) in [7, 11) is 0. The van der Waals surface area contributed by atoms with Crippen molar-refractivity contribution in [2.45, 2.75) is 19.6 Å². The van der Waals surface area contributed by atoms with Crippen LogP contribution in [0.15, 0.2) is 18.2 Å². The molecule has 0 amide bonds. The number of hydrogen-bond donors (Lipinski definition) is 0. The van der Waals surface area contributed by atoms with Crippen LogP contribution in [0.3, 0.4) is 0 Å². The number of carbonyl (C=O) groups is 1. The summed E-state index contributed by atoms with van der Waals surface area (Å²) in [4.78, 5) is 11.1. The van der Waals surface area contributed by atoms with Crippen LogP contribution in [0.25, 0.3) is 0 Å². The molecule has 0 saturated heterocycles. The van der Waals surface area contributed by atoms with E-state index in [0.29, 0.717) is 0 Å². The van der Waals surface area contributed by atoms with Crippen molar-refractivity contribution in [3.63, 3.8) is 0 Å². The molecule has 14 heavy (non-hydrogen) atoms. The first-order valence-corrected chi connectivity index (χ1v) is 4.73. The summed E-state index contributed by atoms with van der Waals surface area (Å²) in [5, 5.41) is 8.80. The first-order chi connectivity index (χ1) is 6.70. The fourth-order valence-corrected chi connectivity index (χ4v) is 1.93. The maximum absolute atomic E-state index is 11.1. The van der Waals surface area contributed by atoms with Crippen LogP contribution in [0.5, 0.6) is 0 Å². The van der Waals surface area contributed by atoms with Crippen LogP contribution in [-0.4, -0.2) is 12.5 Å². The average Bonchev–Trinajstić information content (AvgIpc) is 2.58. The number of carbonyl (C=O) groups excluding carboxylic acids is 1. The van der Waals surface area contributed by atoms with E-state index in [9.17, 15) is 4.79 Å². The van der Waals surface area contributed by atoms with Crippen LogP contribution in [-0.2, 0) is 12.6 Å². The maximum Gasteiger partial charge on any atom is 0.276 e. The lowest BCUT2D eigenvalue weighted by atomic mass is 9.49. The van der Waals surface area contributed by atoms with E-state index in [1.54, 1.807) is 6.92 Å². The summed E-state index contributed by atoms with van der Waals surface area (Å²) >= 11 is 0. The second-order valence-electron chi connectivity index (χ2n) is 3.77. The molecule has 0 radical (unpaired) electrons. The van der Waals surface area contributed by atoms with Crippen molar-refractivity contribution in [2.24, 2.45) is 0 Å². The third-order valence-corrected chi connectivity index (χ3v) is 2.73. The lowest BCUT2D eigenvalue weighted by molar-refractivity contribution is 0.101. The monoisotopic (exact) mass is 183 g/mol. The zero-order chi connectivity index (χ0) is 10.1. The Morgan fingerprint density at radius 2 is 2.14 bits per heavy atom. The van der Waals surface area contributed by atoms with Gasteiger partial charge in [0.05, 0.1) is 0 Å². The van der Waals surface area contributed by atoms with Crippen molar-refractivity contribution in [2.75, 3.05) is 0 Å². The molecule has 68 valence electrons. The number of fused-ring (bicyclic) bond motifs is 1. The molecule has 2 rings (SSSR count). The molecule has 1 heterocycles. The molecule has 3 heteroatoms. The van der Waals surface area contributed by atoms with Crippen LogP contribution in [0.2, 0.25) is 0 Å². The van der Waals surface area contributed by atoms with Gasteiger partial charge in [0.25, 0.3) is 6.71 Å². The zero-order valence-corrected chi connectivity index (χ0v) is 8.08. The van der Waals surface area contributed by atoms with Gasteiger partial charge in [0, 0.05) is 11.5 Å². The first-order valence-electron chi connectivity index (χ1n) is 4.73. The van der Waals surface area contributed by atoms with Crippen molar-refractivity contribution in [3.05, 3.63) is 34.9 Å². The smallest absolute Gasteiger partial charge is 0.276 e. The van der Waals surface area contributed by atoms with E-state index in [-0.39, 0.29) is 12.5 Å². The Bertz CT molecular complexity index is 433. The van der Waals surface area contributed by atoms with Gasteiger partial charge in [0.1, 0.15) is 0 Å². The Morgan fingerprint density at radius 3 is 2.79 bits per heavy atom. The zero-order valence-electron chi connectivity index (χ0n) is 8.08. The molecule has 0 unspecified atom stereocenters. The number of benzene rings is 1. The Morgan fingerprint density at radius 1 is 1.43 bits per heavy atom. The Hall–Kier alpha value is -1.56. The number of hydrogen-bond acceptors (Lipinski definition) is 2. The maximum atomic E-state index is 11.1. The number of Topliss-reactive ketones (excluding diaryl/α,β-unsaturated/α-hetero) is 1. The van der Waals surface area contributed by atoms with Gasteiger partial charge in [-0.3, -0.25) is 4.79 Å². The summed E-state index contributed by atoms with van der Waals surface area (Å²) in [6.45, 7) is 1.67. The molecule has 0 aliphatic carbocycles. The quantitative estimate of drug-likeness (QED) is 0.490. The normalized spacial score (nSPS) is 13.6. The standard InChI is InChI=1S/C11H10BNO/c1-8(14)9-2-3-10-5-12(7-13)6-11(10)4-9/h2-4H,5-6H2,1H3. The fourth-order valence-electron chi connectivity index (χ4n) is 1.93. The molecule has 0 N–H and O–H groups in total. The van der Waals surface area contributed by atoms with E-state index in [2.05, 4.69) is 5.97 Å². The second kappa shape index (κ2) is 3.30. The van der Waals surface area contributed by atoms with Gasteiger partial charge in [-0.2, -0.15) is 0 Å². The minimum atomic E-state index is 0.0909. The molecule has 1 aromatic rings. The van der Waals surface area contributed by atoms with E-state index in [1.165, 1.54) is 11.1 Å². The SMILES string of the molecule is CC(=O)c1ccc2c(c1)CB(C#N)C2.